The molecule has 0 spiro atoms. The van der Waals surface area contributed by atoms with Crippen LogP contribution in [0.5, 0.6) is 0 Å². The number of terminal acetylenes is 1. The monoisotopic (exact) mass is 316 g/mol. The molecule has 3 nitrogen and oxygen atoms in total. The third-order valence-corrected chi connectivity index (χ3v) is 8.05. The van der Waals surface area contributed by atoms with Crippen LogP contribution in [0.15, 0.2) is 0 Å². The van der Waals surface area contributed by atoms with Crippen molar-refractivity contribution in [1.82, 2.24) is 0 Å². The molecule has 0 radical (unpaired) electrons. The van der Waals surface area contributed by atoms with Crippen molar-refractivity contribution < 1.29 is 14.0 Å². The number of hydrogen-bond donors (Lipinski definition) is 1. The molecule has 20 heavy (non-hydrogen) atoms. The van der Waals surface area contributed by atoms with Crippen LogP contribution in [-0.4, -0.2) is 27.7 Å². The Bertz CT molecular complexity index is 300. The highest BCUT2D eigenvalue weighted by Gasteiger charge is 2.40. The standard InChI is InChI=1S/C15H32O3Si2/c1-8-11-13-19(4,5)17-15(16,10-3)18-20(6,7)14-12-9-2/h3,16H,8-9,11-14H2,1-2,4-7H3. The lowest BCUT2D eigenvalue weighted by Crippen LogP contribution is -2.51. The summed E-state index contributed by atoms with van der Waals surface area (Å²) < 4.78 is 11.7. The van der Waals surface area contributed by atoms with Gasteiger partial charge in [-0.25, -0.2) is 0 Å². The van der Waals surface area contributed by atoms with Crippen LogP contribution in [0, 0.1) is 12.3 Å². The molecule has 0 heterocycles. The molecule has 0 aliphatic rings. The summed E-state index contributed by atoms with van der Waals surface area (Å²) in [6.45, 7) is 12.6. The van der Waals surface area contributed by atoms with Crippen molar-refractivity contribution in [2.45, 2.75) is 83.8 Å². The van der Waals surface area contributed by atoms with Gasteiger partial charge in [0.05, 0.1) is 0 Å². The molecule has 0 amide bonds. The smallest absolute Gasteiger partial charge is 0.331 e. The number of aliphatic hydroxyl groups is 1. The van der Waals surface area contributed by atoms with Crippen molar-refractivity contribution in [3.8, 4) is 12.3 Å². The molecule has 0 saturated heterocycles. The van der Waals surface area contributed by atoms with E-state index in [1.165, 1.54) is 0 Å². The second-order valence-corrected chi connectivity index (χ2v) is 15.1. The van der Waals surface area contributed by atoms with Crippen LogP contribution in [0.3, 0.4) is 0 Å². The fraction of sp³-hybridized carbons (Fsp3) is 0.867. The van der Waals surface area contributed by atoms with E-state index < -0.39 is 22.6 Å². The third kappa shape index (κ3) is 8.23. The number of rotatable bonds is 10. The topological polar surface area (TPSA) is 38.7 Å². The molecule has 0 bridgehead atoms. The first kappa shape index (κ1) is 19.9. The van der Waals surface area contributed by atoms with Crippen LogP contribution in [0.4, 0.5) is 0 Å². The molecular weight excluding hydrogens is 284 g/mol. The molecule has 118 valence electrons. The van der Waals surface area contributed by atoms with Crippen molar-refractivity contribution in [1.29, 1.82) is 0 Å². The number of unbranched alkanes of at least 4 members (excludes halogenated alkanes) is 2. The molecule has 0 atom stereocenters. The van der Waals surface area contributed by atoms with Crippen molar-refractivity contribution in [2.75, 3.05) is 0 Å². The van der Waals surface area contributed by atoms with Gasteiger partial charge in [0, 0.05) is 0 Å². The fourth-order valence-corrected chi connectivity index (χ4v) is 6.53. The van der Waals surface area contributed by atoms with Crippen molar-refractivity contribution >= 4 is 16.6 Å². The van der Waals surface area contributed by atoms with Gasteiger partial charge < -0.3 is 14.0 Å². The molecule has 0 fully saturated rings. The summed E-state index contributed by atoms with van der Waals surface area (Å²) in [5.41, 5.74) is 0. The van der Waals surface area contributed by atoms with Crippen LogP contribution < -0.4 is 0 Å². The molecule has 0 aliphatic heterocycles. The predicted molar refractivity (Wildman–Crippen MR) is 90.3 cm³/mol. The van der Waals surface area contributed by atoms with Gasteiger partial charge in [0.15, 0.2) is 16.6 Å². The SMILES string of the molecule is C#CC(O)(O[Si](C)(C)CCCC)O[Si](C)(C)CCCC. The molecule has 0 aromatic heterocycles. The fourth-order valence-electron chi connectivity index (χ4n) is 2.14. The van der Waals surface area contributed by atoms with Crippen LogP contribution in [0.2, 0.25) is 38.3 Å². The summed E-state index contributed by atoms with van der Waals surface area (Å²) in [5, 5.41) is 10.5. The summed E-state index contributed by atoms with van der Waals surface area (Å²) in [6.07, 6.45) is 9.89. The van der Waals surface area contributed by atoms with E-state index in [0.717, 1.165) is 37.8 Å². The molecule has 0 aromatic rings. The van der Waals surface area contributed by atoms with E-state index in [0.29, 0.717) is 0 Å². The van der Waals surface area contributed by atoms with Gasteiger partial charge in [-0.15, -0.1) is 6.42 Å². The van der Waals surface area contributed by atoms with Gasteiger partial charge in [0.25, 0.3) is 0 Å². The minimum absolute atomic E-state index is 0.980. The average Bonchev–Trinajstić information content (AvgIpc) is 2.32. The van der Waals surface area contributed by atoms with Crippen LogP contribution in [0.1, 0.15) is 39.5 Å². The minimum Gasteiger partial charge on any atom is -0.360 e. The first-order chi connectivity index (χ1) is 9.10. The molecule has 0 aliphatic carbocycles. The van der Waals surface area contributed by atoms with Crippen molar-refractivity contribution in [3.05, 3.63) is 0 Å². The molecule has 0 rings (SSSR count). The highest BCUT2D eigenvalue weighted by Crippen LogP contribution is 2.27. The van der Waals surface area contributed by atoms with Crippen LogP contribution >= 0.6 is 0 Å². The normalized spacial score (nSPS) is 13.3. The maximum Gasteiger partial charge on any atom is 0.331 e. The van der Waals surface area contributed by atoms with E-state index in [-0.39, 0.29) is 0 Å². The Kier molecular flexibility index (Phi) is 8.30. The van der Waals surface area contributed by atoms with E-state index in [1.54, 1.807) is 0 Å². The van der Waals surface area contributed by atoms with Gasteiger partial charge in [-0.3, -0.25) is 0 Å². The van der Waals surface area contributed by atoms with E-state index in [4.69, 9.17) is 15.3 Å². The molecule has 1 N–H and O–H groups in total. The predicted octanol–water partition coefficient (Wildman–Crippen LogP) is 4.31. The van der Waals surface area contributed by atoms with E-state index >= 15 is 0 Å². The summed E-state index contributed by atoms with van der Waals surface area (Å²) >= 11 is 0. The largest absolute Gasteiger partial charge is 0.360 e. The second kappa shape index (κ2) is 8.35. The third-order valence-electron chi connectivity index (χ3n) is 3.28. The summed E-state index contributed by atoms with van der Waals surface area (Å²) in [5.74, 6) is 0.484. The van der Waals surface area contributed by atoms with E-state index in [2.05, 4.69) is 46.0 Å². The maximum atomic E-state index is 10.5. The zero-order chi connectivity index (χ0) is 15.9. The number of hydrogen-bond acceptors (Lipinski definition) is 3. The summed E-state index contributed by atoms with van der Waals surface area (Å²) in [6, 6.07) is 1.96. The van der Waals surface area contributed by atoms with Crippen molar-refractivity contribution in [3.63, 3.8) is 0 Å². The molecular formula is C15H32O3Si2. The maximum absolute atomic E-state index is 10.5. The van der Waals surface area contributed by atoms with Gasteiger partial charge in [-0.1, -0.05) is 39.5 Å². The van der Waals surface area contributed by atoms with Crippen LogP contribution in [-0.2, 0) is 8.85 Å². The zero-order valence-corrected chi connectivity index (χ0v) is 16.1. The Balaban J connectivity index is 4.73. The molecule has 5 heteroatoms. The Labute approximate surface area is 127 Å². The van der Waals surface area contributed by atoms with Gasteiger partial charge in [0.1, 0.15) is 0 Å². The molecule has 0 saturated carbocycles. The Morgan fingerprint density at radius 1 is 0.950 bits per heavy atom. The Morgan fingerprint density at radius 3 is 1.55 bits per heavy atom. The highest BCUT2D eigenvalue weighted by molar-refractivity contribution is 6.72. The Morgan fingerprint density at radius 2 is 1.30 bits per heavy atom. The van der Waals surface area contributed by atoms with Crippen LogP contribution in [0.25, 0.3) is 0 Å². The summed E-state index contributed by atoms with van der Waals surface area (Å²) in [7, 11) is -4.01. The van der Waals surface area contributed by atoms with E-state index in [1.807, 2.05) is 0 Å². The highest BCUT2D eigenvalue weighted by atomic mass is 28.4. The lowest BCUT2D eigenvalue weighted by atomic mass is 10.4. The quantitative estimate of drug-likeness (QED) is 0.371. The van der Waals surface area contributed by atoms with Gasteiger partial charge >= 0.3 is 5.97 Å². The minimum atomic E-state index is -2.01. The first-order valence-corrected chi connectivity index (χ1v) is 13.9. The average molecular weight is 317 g/mol. The van der Waals surface area contributed by atoms with Gasteiger partial charge in [-0.2, -0.15) is 0 Å². The zero-order valence-electron chi connectivity index (χ0n) is 14.1. The lowest BCUT2D eigenvalue weighted by Gasteiger charge is -2.37. The van der Waals surface area contributed by atoms with Crippen molar-refractivity contribution in [2.24, 2.45) is 0 Å². The van der Waals surface area contributed by atoms with Gasteiger partial charge in [-0.05, 0) is 44.2 Å². The lowest BCUT2D eigenvalue weighted by molar-refractivity contribution is -0.238. The Hall–Kier alpha value is -0.126. The second-order valence-electron chi connectivity index (χ2n) is 6.66. The molecule has 0 unspecified atom stereocenters. The van der Waals surface area contributed by atoms with Gasteiger partial charge in [0.2, 0.25) is 0 Å². The molecule has 0 aromatic carbocycles. The first-order valence-electron chi connectivity index (χ1n) is 7.70. The summed E-state index contributed by atoms with van der Waals surface area (Å²) in [4.78, 5) is 0. The van der Waals surface area contributed by atoms with E-state index in [9.17, 15) is 5.11 Å².